The Morgan fingerprint density at radius 1 is 1.05 bits per heavy atom. The molecule has 0 spiro atoms. The molecule has 0 bridgehead atoms. The Bertz CT molecular complexity index is 1690. The maximum atomic E-state index is 13.3. The largest absolute Gasteiger partial charge is 0.510 e. The number of hydrogen-bond donors (Lipinski definition) is 2. The second-order valence-corrected chi connectivity index (χ2v) is 13.5. The molecule has 3 aromatic rings. The van der Waals surface area contributed by atoms with Crippen molar-refractivity contribution in [3.05, 3.63) is 112 Å². The molecule has 0 aliphatic carbocycles. The quantitative estimate of drug-likeness (QED) is 0.0561. The molecule has 15 heteroatoms. The Balaban J connectivity index is 1.55. The van der Waals surface area contributed by atoms with Crippen LogP contribution < -0.4 is 10.1 Å². The van der Waals surface area contributed by atoms with Gasteiger partial charge in [0, 0.05) is 22.9 Å². The normalized spacial score (nSPS) is 16.8. The van der Waals surface area contributed by atoms with Gasteiger partial charge in [0.15, 0.2) is 12.3 Å². The smallest absolute Gasteiger partial charge is 0.358 e. The molecule has 0 saturated carbocycles. The van der Waals surface area contributed by atoms with E-state index in [1.807, 2.05) is 0 Å². The number of β-lactam (4-membered cyclic amide) rings is 1. The summed E-state index contributed by atoms with van der Waals surface area (Å²) in [6.45, 7) is 2.05. The molecule has 1 fully saturated rings. The van der Waals surface area contributed by atoms with Crippen molar-refractivity contribution in [1.29, 1.82) is 0 Å². The summed E-state index contributed by atoms with van der Waals surface area (Å²) in [5, 5.41) is 22.4. The predicted molar refractivity (Wildman–Crippen MR) is 159 cm³/mol. The lowest BCUT2D eigenvalue weighted by Crippen LogP contribution is -2.70. The van der Waals surface area contributed by atoms with Crippen LogP contribution in [0.1, 0.15) is 18.1 Å². The van der Waals surface area contributed by atoms with Gasteiger partial charge < -0.3 is 19.9 Å². The number of benzene rings is 3. The molecular formula is C29H27N3O10S2. The first kappa shape index (κ1) is 32.0. The number of amides is 2. The van der Waals surface area contributed by atoms with Crippen LogP contribution in [0.2, 0.25) is 0 Å². The maximum Gasteiger partial charge on any atom is 0.358 e. The molecule has 1 aliphatic rings. The van der Waals surface area contributed by atoms with Gasteiger partial charge in [0.2, 0.25) is 8.87 Å². The number of nitrogens with zero attached hydrogens (tertiary/aromatic N) is 2. The van der Waals surface area contributed by atoms with Crippen molar-refractivity contribution in [2.45, 2.75) is 36.8 Å². The third-order valence-electron chi connectivity index (χ3n) is 6.30. The van der Waals surface area contributed by atoms with Crippen molar-refractivity contribution in [1.82, 2.24) is 10.2 Å². The van der Waals surface area contributed by atoms with Crippen LogP contribution >= 0.6 is 10.8 Å². The molecule has 4 rings (SSSR count). The van der Waals surface area contributed by atoms with Gasteiger partial charge in [-0.05, 0) is 55.8 Å². The summed E-state index contributed by atoms with van der Waals surface area (Å²) in [6, 6.07) is 18.1. The van der Waals surface area contributed by atoms with Crippen molar-refractivity contribution in [2.75, 3.05) is 6.61 Å². The minimum atomic E-state index is -4.14. The van der Waals surface area contributed by atoms with E-state index in [0.717, 1.165) is 17.4 Å². The van der Waals surface area contributed by atoms with Crippen molar-refractivity contribution in [3.8, 4) is 5.75 Å². The highest BCUT2D eigenvalue weighted by Gasteiger charge is 2.54. The monoisotopic (exact) mass is 641 g/mol. The number of rotatable bonds is 12. The van der Waals surface area contributed by atoms with Gasteiger partial charge in [0.1, 0.15) is 29.5 Å². The number of aliphatic hydroxyl groups is 1. The molecule has 1 aliphatic heterocycles. The summed E-state index contributed by atoms with van der Waals surface area (Å²) in [7, 11) is -3.83. The molecular weight excluding hydrogens is 614 g/mol. The molecule has 44 heavy (non-hydrogen) atoms. The van der Waals surface area contributed by atoms with Crippen LogP contribution in [0.5, 0.6) is 5.75 Å². The molecule has 2 N–H and O–H groups in total. The summed E-state index contributed by atoms with van der Waals surface area (Å²) in [5.41, 5.74) is 0.398. The molecule has 0 aromatic heterocycles. The second kappa shape index (κ2) is 13.6. The highest BCUT2D eigenvalue weighted by Crippen LogP contribution is 2.40. The van der Waals surface area contributed by atoms with Crippen LogP contribution in [0.25, 0.3) is 0 Å². The summed E-state index contributed by atoms with van der Waals surface area (Å²) in [5.74, 6) is -2.99. The number of aryl methyl sites for hydroxylation is 1. The molecule has 1 heterocycles. The van der Waals surface area contributed by atoms with Crippen molar-refractivity contribution >= 4 is 43.1 Å². The van der Waals surface area contributed by atoms with Gasteiger partial charge in [-0.25, -0.2) is 13.2 Å². The zero-order chi connectivity index (χ0) is 32.0. The van der Waals surface area contributed by atoms with Gasteiger partial charge in [-0.3, -0.25) is 24.6 Å². The number of non-ortho nitro benzene ring substituents is 1. The van der Waals surface area contributed by atoms with E-state index in [4.69, 9.17) is 9.47 Å². The number of likely N-dealkylation sites (tertiary alicyclic amines) is 1. The van der Waals surface area contributed by atoms with Crippen molar-refractivity contribution in [3.63, 3.8) is 0 Å². The van der Waals surface area contributed by atoms with Gasteiger partial charge in [-0.15, -0.1) is 0 Å². The fourth-order valence-corrected chi connectivity index (χ4v) is 7.52. The molecule has 2 amide bonds. The average Bonchev–Trinajstić information content (AvgIpc) is 3.00. The molecule has 3 aromatic carbocycles. The minimum Gasteiger partial charge on any atom is -0.510 e. The molecule has 2 atom stereocenters. The van der Waals surface area contributed by atoms with E-state index in [-0.39, 0.29) is 17.2 Å². The Kier molecular flexibility index (Phi) is 9.90. The molecule has 13 nitrogen and oxygen atoms in total. The molecule has 230 valence electrons. The molecule has 1 saturated heterocycles. The Hall–Kier alpha value is -4.89. The lowest BCUT2D eigenvalue weighted by atomic mass is 10.1. The number of nitro groups is 1. The Morgan fingerprint density at radius 2 is 1.68 bits per heavy atom. The van der Waals surface area contributed by atoms with Crippen LogP contribution in [0, 0.1) is 17.0 Å². The standard InChI is InChI=1S/C29H27N3O10S2/c1-18-8-14-23(15-9-18)44(39,40)43-28-25(30-24(34)17-41-22-6-4-3-5-7-22)27(35)31(28)26(19(2)33)29(36)42-16-20-10-12-21(13-11-20)32(37)38/h3-15,25,28,33H,16-17H2,1-2H3,(H,30,34)/b26-19+/t25-,28-/m1/s1. The number of allylic oxidation sites excluding steroid dienone is 1. The van der Waals surface area contributed by atoms with Gasteiger partial charge in [-0.1, -0.05) is 35.9 Å². The summed E-state index contributed by atoms with van der Waals surface area (Å²) in [4.78, 5) is 50.1. The van der Waals surface area contributed by atoms with Crippen LogP contribution in [0.4, 0.5) is 5.69 Å². The first-order valence-corrected chi connectivity index (χ1v) is 15.9. The number of para-hydroxylation sites is 1. The highest BCUT2D eigenvalue weighted by atomic mass is 33.1. The van der Waals surface area contributed by atoms with Crippen molar-refractivity contribution in [2.24, 2.45) is 0 Å². The topological polar surface area (TPSA) is 182 Å². The number of esters is 1. The van der Waals surface area contributed by atoms with Gasteiger partial charge in [-0.2, -0.15) is 0 Å². The maximum absolute atomic E-state index is 13.3. The van der Waals surface area contributed by atoms with Crippen LogP contribution in [0.3, 0.4) is 0 Å². The number of carbonyl (C=O) groups excluding carboxylic acids is 3. The Labute approximate surface area is 255 Å². The zero-order valence-electron chi connectivity index (χ0n) is 23.4. The predicted octanol–water partition coefficient (Wildman–Crippen LogP) is 3.59. The van der Waals surface area contributed by atoms with Gasteiger partial charge in [0.25, 0.3) is 17.5 Å². The third kappa shape index (κ3) is 7.54. The van der Waals surface area contributed by atoms with E-state index in [1.54, 1.807) is 49.4 Å². The van der Waals surface area contributed by atoms with Crippen molar-refractivity contribution < 1.29 is 42.3 Å². The number of nitrogens with one attached hydrogen (secondary N) is 1. The number of hydrogen-bond acceptors (Lipinski definition) is 11. The molecule has 0 radical (unpaired) electrons. The summed E-state index contributed by atoms with van der Waals surface area (Å²) >= 11 is 0. The highest BCUT2D eigenvalue weighted by molar-refractivity contribution is 8.72. The minimum absolute atomic E-state index is 0.0723. The Morgan fingerprint density at radius 3 is 2.27 bits per heavy atom. The number of carbonyl (C=O) groups is 3. The fourth-order valence-electron chi connectivity index (χ4n) is 4.06. The number of nitro benzene ring substituents is 1. The number of aliphatic hydroxyl groups excluding tert-OH is 1. The van der Waals surface area contributed by atoms with E-state index in [0.29, 0.717) is 22.1 Å². The molecule has 0 unspecified atom stereocenters. The van der Waals surface area contributed by atoms with E-state index in [1.165, 1.54) is 36.4 Å². The average molecular weight is 642 g/mol. The van der Waals surface area contributed by atoms with Gasteiger partial charge >= 0.3 is 5.97 Å². The third-order valence-corrected chi connectivity index (χ3v) is 10.0. The van der Waals surface area contributed by atoms with Crippen LogP contribution in [0.15, 0.2) is 95.2 Å². The van der Waals surface area contributed by atoms with Gasteiger partial charge in [0.05, 0.1) is 9.82 Å². The number of ether oxygens (including phenoxy) is 2. The first-order chi connectivity index (χ1) is 20.9. The van der Waals surface area contributed by atoms with E-state index < -0.39 is 61.1 Å². The summed E-state index contributed by atoms with van der Waals surface area (Å²) in [6.07, 6.45) is 0. The van der Waals surface area contributed by atoms with E-state index >= 15 is 0 Å². The lowest BCUT2D eigenvalue weighted by Gasteiger charge is -2.46. The lowest BCUT2D eigenvalue weighted by molar-refractivity contribution is -0.384. The SMILES string of the molecule is C/C(O)=C(/C(=O)OCc1ccc([N+](=O)[O-])cc1)N1C(=O)[C@@H](NC(=O)COc2ccccc2)[C@H]1SS(=O)(=O)c1ccc(C)cc1. The fraction of sp³-hybridized carbons (Fsp3) is 0.207. The second-order valence-electron chi connectivity index (χ2n) is 9.54. The summed E-state index contributed by atoms with van der Waals surface area (Å²) < 4.78 is 37.3. The van der Waals surface area contributed by atoms with E-state index in [2.05, 4.69) is 5.32 Å². The van der Waals surface area contributed by atoms with Crippen LogP contribution in [-0.2, 0) is 34.6 Å². The zero-order valence-corrected chi connectivity index (χ0v) is 25.0. The van der Waals surface area contributed by atoms with E-state index in [9.17, 15) is 38.0 Å². The first-order valence-electron chi connectivity index (χ1n) is 13.0. The van der Waals surface area contributed by atoms with Crippen LogP contribution in [-0.4, -0.2) is 59.2 Å².